The van der Waals surface area contributed by atoms with Crippen LogP contribution in [0.15, 0.2) is 0 Å². The van der Waals surface area contributed by atoms with E-state index in [0.717, 1.165) is 25.8 Å². The Balaban J connectivity index is 2.34. The van der Waals surface area contributed by atoms with Gasteiger partial charge in [-0.25, -0.2) is 0 Å². The number of nitrogens with zero attached hydrogens (tertiary/aromatic N) is 1. The summed E-state index contributed by atoms with van der Waals surface area (Å²) < 4.78 is 0. The number of carbonyl (C=O) groups is 1. The van der Waals surface area contributed by atoms with Crippen LogP contribution in [0.2, 0.25) is 0 Å². The van der Waals surface area contributed by atoms with Crippen LogP contribution < -0.4 is 0 Å². The second-order valence-electron chi connectivity index (χ2n) is 5.00. The molecule has 1 N–H and O–H groups in total. The van der Waals surface area contributed by atoms with Crippen molar-refractivity contribution in [2.24, 2.45) is 5.41 Å². The van der Waals surface area contributed by atoms with E-state index in [0.29, 0.717) is 0 Å². The molecule has 0 aromatic rings. The molecule has 2 fully saturated rings. The highest BCUT2D eigenvalue weighted by atomic mass is 16.3. The Morgan fingerprint density at radius 2 is 2.23 bits per heavy atom. The zero-order valence-corrected chi connectivity index (χ0v) is 8.34. The average Bonchev–Trinajstić information content (AvgIpc) is 2.53. The molecule has 0 spiro atoms. The molecule has 0 aromatic heterocycles. The molecule has 0 saturated carbocycles. The summed E-state index contributed by atoms with van der Waals surface area (Å²) in [4.78, 5) is 13.8. The first kappa shape index (κ1) is 9.00. The average molecular weight is 183 g/mol. The van der Waals surface area contributed by atoms with Gasteiger partial charge in [0.1, 0.15) is 0 Å². The highest BCUT2D eigenvalue weighted by Gasteiger charge is 2.56. The van der Waals surface area contributed by atoms with Crippen molar-refractivity contribution in [2.45, 2.75) is 38.6 Å². The molecule has 2 aliphatic heterocycles. The lowest BCUT2D eigenvalue weighted by atomic mass is 9.82. The second-order valence-corrected chi connectivity index (χ2v) is 5.00. The summed E-state index contributed by atoms with van der Waals surface area (Å²) in [5.41, 5.74) is -0.469. The van der Waals surface area contributed by atoms with Gasteiger partial charge in [-0.1, -0.05) is 13.8 Å². The monoisotopic (exact) mass is 183 g/mol. The van der Waals surface area contributed by atoms with E-state index in [1.807, 2.05) is 18.7 Å². The van der Waals surface area contributed by atoms with Crippen molar-refractivity contribution in [3.63, 3.8) is 0 Å². The Bertz CT molecular complexity index is 249. The fourth-order valence-corrected chi connectivity index (χ4v) is 2.92. The fourth-order valence-electron chi connectivity index (χ4n) is 2.92. The predicted octanol–water partition coefficient (Wildman–Crippen LogP) is 0.770. The summed E-state index contributed by atoms with van der Waals surface area (Å²) in [5, 5.41) is 9.38. The van der Waals surface area contributed by atoms with Gasteiger partial charge >= 0.3 is 0 Å². The van der Waals surface area contributed by atoms with Gasteiger partial charge in [-0.05, 0) is 19.3 Å². The van der Waals surface area contributed by atoms with Crippen LogP contribution in [-0.4, -0.2) is 34.6 Å². The summed E-state index contributed by atoms with van der Waals surface area (Å²) in [6, 6.07) is 0. The van der Waals surface area contributed by atoms with Crippen molar-refractivity contribution in [3.8, 4) is 0 Å². The number of hydrogen-bond acceptors (Lipinski definition) is 2. The minimum Gasteiger partial charge on any atom is -0.394 e. The predicted molar refractivity (Wildman–Crippen MR) is 49.2 cm³/mol. The highest BCUT2D eigenvalue weighted by molar-refractivity contribution is 5.85. The van der Waals surface area contributed by atoms with E-state index in [1.54, 1.807) is 0 Å². The number of aliphatic hydroxyl groups excluding tert-OH is 1. The van der Waals surface area contributed by atoms with Crippen LogP contribution in [0.5, 0.6) is 0 Å². The van der Waals surface area contributed by atoms with E-state index in [9.17, 15) is 9.90 Å². The molecule has 2 rings (SSSR count). The minimum atomic E-state index is -0.261. The maximum atomic E-state index is 11.9. The van der Waals surface area contributed by atoms with Gasteiger partial charge in [-0.2, -0.15) is 0 Å². The lowest BCUT2D eigenvalue weighted by molar-refractivity contribution is -0.136. The summed E-state index contributed by atoms with van der Waals surface area (Å²) in [7, 11) is 0. The summed E-state index contributed by atoms with van der Waals surface area (Å²) in [5.74, 6) is 0.221. The Hall–Kier alpha value is -0.570. The first-order valence-electron chi connectivity index (χ1n) is 4.95. The van der Waals surface area contributed by atoms with Crippen LogP contribution in [0, 0.1) is 5.41 Å². The second kappa shape index (κ2) is 2.47. The maximum absolute atomic E-state index is 11.9. The van der Waals surface area contributed by atoms with E-state index in [2.05, 4.69) is 0 Å². The number of aliphatic hydroxyl groups is 1. The molecule has 2 heterocycles. The van der Waals surface area contributed by atoms with Crippen molar-refractivity contribution in [1.29, 1.82) is 0 Å². The molecule has 1 unspecified atom stereocenters. The molecule has 0 aliphatic carbocycles. The third kappa shape index (κ3) is 1.03. The van der Waals surface area contributed by atoms with Crippen LogP contribution in [-0.2, 0) is 4.79 Å². The van der Waals surface area contributed by atoms with Crippen LogP contribution >= 0.6 is 0 Å². The van der Waals surface area contributed by atoms with Crippen LogP contribution in [0.25, 0.3) is 0 Å². The molecule has 0 radical (unpaired) electrons. The Morgan fingerprint density at radius 3 is 2.77 bits per heavy atom. The summed E-state index contributed by atoms with van der Waals surface area (Å²) in [6.45, 7) is 4.92. The molecule has 3 nitrogen and oxygen atoms in total. The summed E-state index contributed by atoms with van der Waals surface area (Å²) >= 11 is 0. The van der Waals surface area contributed by atoms with E-state index < -0.39 is 0 Å². The van der Waals surface area contributed by atoms with E-state index in [-0.39, 0.29) is 23.5 Å². The van der Waals surface area contributed by atoms with Gasteiger partial charge in [-0.3, -0.25) is 4.79 Å². The fraction of sp³-hybridized carbons (Fsp3) is 0.900. The van der Waals surface area contributed by atoms with Gasteiger partial charge in [0.15, 0.2) is 0 Å². The number of carbonyl (C=O) groups excluding carboxylic acids is 1. The number of fused-ring (bicyclic) bond motifs is 1. The maximum Gasteiger partial charge on any atom is 0.228 e. The van der Waals surface area contributed by atoms with Gasteiger partial charge in [0.05, 0.1) is 12.1 Å². The molecule has 1 amide bonds. The van der Waals surface area contributed by atoms with E-state index in [1.165, 1.54) is 0 Å². The van der Waals surface area contributed by atoms with Gasteiger partial charge in [0.2, 0.25) is 5.91 Å². The van der Waals surface area contributed by atoms with Crippen LogP contribution in [0.4, 0.5) is 0 Å². The molecule has 0 bridgehead atoms. The van der Waals surface area contributed by atoms with Gasteiger partial charge < -0.3 is 10.0 Å². The molecule has 74 valence electrons. The first-order valence-corrected chi connectivity index (χ1v) is 4.95. The van der Waals surface area contributed by atoms with E-state index in [4.69, 9.17) is 0 Å². The van der Waals surface area contributed by atoms with Gasteiger partial charge in [0.25, 0.3) is 0 Å². The van der Waals surface area contributed by atoms with Crippen molar-refractivity contribution in [2.75, 3.05) is 13.2 Å². The van der Waals surface area contributed by atoms with E-state index >= 15 is 0 Å². The SMILES string of the molecule is CC1(C)CC2(CO)CCCN2C1=O. The third-order valence-corrected chi connectivity index (χ3v) is 3.49. The van der Waals surface area contributed by atoms with Crippen molar-refractivity contribution in [3.05, 3.63) is 0 Å². The quantitative estimate of drug-likeness (QED) is 0.652. The first-order chi connectivity index (χ1) is 6.02. The highest BCUT2D eigenvalue weighted by Crippen LogP contribution is 2.47. The lowest BCUT2D eigenvalue weighted by Crippen LogP contribution is -2.43. The molecular weight excluding hydrogens is 166 g/mol. The van der Waals surface area contributed by atoms with Crippen molar-refractivity contribution < 1.29 is 9.90 Å². The molecule has 13 heavy (non-hydrogen) atoms. The minimum absolute atomic E-state index is 0.127. The zero-order valence-electron chi connectivity index (χ0n) is 8.34. The molecule has 1 atom stereocenters. The standard InChI is InChI=1S/C10H17NO2/c1-9(2)6-10(7-12)4-3-5-11(10)8(9)13/h12H,3-7H2,1-2H3. The number of amides is 1. The topological polar surface area (TPSA) is 40.5 Å². The molecular formula is C10H17NO2. The number of hydrogen-bond donors (Lipinski definition) is 1. The third-order valence-electron chi connectivity index (χ3n) is 3.49. The Labute approximate surface area is 78.7 Å². The molecule has 3 heteroatoms. The van der Waals surface area contributed by atoms with Gasteiger partial charge in [-0.15, -0.1) is 0 Å². The van der Waals surface area contributed by atoms with Gasteiger partial charge in [0, 0.05) is 12.0 Å². The number of rotatable bonds is 1. The van der Waals surface area contributed by atoms with Crippen molar-refractivity contribution in [1.82, 2.24) is 4.90 Å². The zero-order chi connectivity index (χ0) is 9.69. The Morgan fingerprint density at radius 1 is 1.54 bits per heavy atom. The summed E-state index contributed by atoms with van der Waals surface area (Å²) in [6.07, 6.45) is 2.83. The van der Waals surface area contributed by atoms with Crippen LogP contribution in [0.3, 0.4) is 0 Å². The largest absolute Gasteiger partial charge is 0.394 e. The molecule has 2 saturated heterocycles. The van der Waals surface area contributed by atoms with Crippen molar-refractivity contribution >= 4 is 5.91 Å². The Kier molecular flexibility index (Phi) is 1.71. The molecule has 0 aromatic carbocycles. The van der Waals surface area contributed by atoms with Crippen LogP contribution in [0.1, 0.15) is 33.1 Å². The normalized spacial score (nSPS) is 36.8. The molecule has 2 aliphatic rings. The smallest absolute Gasteiger partial charge is 0.228 e. The lowest BCUT2D eigenvalue weighted by Gasteiger charge is -2.29.